The van der Waals surface area contributed by atoms with Crippen molar-refractivity contribution in [2.75, 3.05) is 0 Å². The highest BCUT2D eigenvalue weighted by Gasteiger charge is 2.45. The first kappa shape index (κ1) is 11.4. The molecule has 0 aromatic heterocycles. The van der Waals surface area contributed by atoms with Gasteiger partial charge in [-0.25, -0.2) is 0 Å². The van der Waals surface area contributed by atoms with Crippen LogP contribution in [0.3, 0.4) is 0 Å². The maximum Gasteiger partial charge on any atom is 0.169 e. The third-order valence-corrected chi connectivity index (χ3v) is 4.14. The number of benzene rings is 1. The minimum atomic E-state index is -0.0598. The highest BCUT2D eigenvalue weighted by atomic mass is 16.1. The van der Waals surface area contributed by atoms with Gasteiger partial charge in [-0.3, -0.25) is 4.79 Å². The van der Waals surface area contributed by atoms with E-state index in [0.29, 0.717) is 5.78 Å². The molecule has 1 fully saturated rings. The molecular weight excluding hydrogens is 196 g/mol. The second-order valence-corrected chi connectivity index (χ2v) is 5.53. The number of carbonyl (C=O) groups excluding carboxylic acids is 1. The van der Waals surface area contributed by atoms with Crippen molar-refractivity contribution in [3.05, 3.63) is 33.9 Å². The van der Waals surface area contributed by atoms with E-state index in [0.717, 1.165) is 18.4 Å². The third kappa shape index (κ3) is 1.59. The van der Waals surface area contributed by atoms with Gasteiger partial charge in [0.2, 0.25) is 0 Å². The zero-order valence-electron chi connectivity index (χ0n) is 10.9. The molecule has 0 radical (unpaired) electrons. The minimum absolute atomic E-state index is 0.0598. The average molecular weight is 216 g/mol. The van der Waals surface area contributed by atoms with Gasteiger partial charge in [0.1, 0.15) is 0 Å². The molecule has 1 saturated carbocycles. The Kier molecular flexibility index (Phi) is 2.45. The van der Waals surface area contributed by atoms with Crippen LogP contribution >= 0.6 is 0 Å². The predicted molar refractivity (Wildman–Crippen MR) is 67.1 cm³/mol. The number of ketones is 1. The second kappa shape index (κ2) is 3.44. The van der Waals surface area contributed by atoms with Crippen molar-refractivity contribution in [1.82, 2.24) is 0 Å². The van der Waals surface area contributed by atoms with Gasteiger partial charge in [0, 0.05) is 11.0 Å². The standard InChI is InChI=1S/C15H20O/c1-9-8-10(2)12(4)13(11(9)3)14(16)15(5)6-7-15/h8H,6-7H2,1-5H3. The van der Waals surface area contributed by atoms with Gasteiger partial charge in [-0.2, -0.15) is 0 Å². The fourth-order valence-electron chi connectivity index (χ4n) is 2.27. The first-order valence-corrected chi connectivity index (χ1v) is 5.99. The summed E-state index contributed by atoms with van der Waals surface area (Å²) in [6.07, 6.45) is 2.11. The topological polar surface area (TPSA) is 17.1 Å². The fraction of sp³-hybridized carbons (Fsp3) is 0.533. The third-order valence-electron chi connectivity index (χ3n) is 4.14. The highest BCUT2D eigenvalue weighted by molar-refractivity contribution is 6.04. The van der Waals surface area contributed by atoms with Gasteiger partial charge in [-0.15, -0.1) is 0 Å². The van der Waals surface area contributed by atoms with Gasteiger partial charge >= 0.3 is 0 Å². The molecule has 0 heterocycles. The Morgan fingerprint density at radius 2 is 1.50 bits per heavy atom. The Morgan fingerprint density at radius 3 is 1.88 bits per heavy atom. The van der Waals surface area contributed by atoms with E-state index in [-0.39, 0.29) is 5.41 Å². The van der Waals surface area contributed by atoms with E-state index >= 15 is 0 Å². The van der Waals surface area contributed by atoms with Crippen LogP contribution in [0.2, 0.25) is 0 Å². The van der Waals surface area contributed by atoms with Gasteiger partial charge in [0.05, 0.1) is 0 Å². The molecule has 0 spiro atoms. The number of aryl methyl sites for hydroxylation is 2. The van der Waals surface area contributed by atoms with Gasteiger partial charge in [0.15, 0.2) is 5.78 Å². The van der Waals surface area contributed by atoms with Crippen molar-refractivity contribution < 1.29 is 4.79 Å². The smallest absolute Gasteiger partial charge is 0.169 e. The van der Waals surface area contributed by atoms with Gasteiger partial charge < -0.3 is 0 Å². The normalized spacial score (nSPS) is 17.3. The van der Waals surface area contributed by atoms with Crippen molar-refractivity contribution in [3.63, 3.8) is 0 Å². The lowest BCUT2D eigenvalue weighted by atomic mass is 9.86. The van der Waals surface area contributed by atoms with Gasteiger partial charge in [-0.05, 0) is 62.8 Å². The number of carbonyl (C=O) groups is 1. The average Bonchev–Trinajstić information content (AvgIpc) is 2.95. The van der Waals surface area contributed by atoms with E-state index in [1.54, 1.807) is 0 Å². The van der Waals surface area contributed by atoms with Gasteiger partial charge in [0.25, 0.3) is 0 Å². The molecule has 1 aliphatic carbocycles. The number of rotatable bonds is 2. The summed E-state index contributed by atoms with van der Waals surface area (Å²) in [4.78, 5) is 12.5. The molecule has 2 rings (SSSR count). The van der Waals surface area contributed by atoms with Crippen molar-refractivity contribution in [2.24, 2.45) is 5.41 Å². The molecule has 1 nitrogen and oxygen atoms in total. The molecule has 16 heavy (non-hydrogen) atoms. The molecule has 0 amide bonds. The van der Waals surface area contributed by atoms with Crippen LogP contribution in [0.25, 0.3) is 0 Å². The Labute approximate surface area is 97.9 Å². The monoisotopic (exact) mass is 216 g/mol. The lowest BCUT2D eigenvalue weighted by Crippen LogP contribution is -2.16. The fourth-order valence-corrected chi connectivity index (χ4v) is 2.27. The molecule has 0 aliphatic heterocycles. The quantitative estimate of drug-likeness (QED) is 0.685. The van der Waals surface area contributed by atoms with E-state index in [2.05, 4.69) is 40.7 Å². The molecule has 1 heteroatoms. The minimum Gasteiger partial charge on any atom is -0.294 e. The van der Waals surface area contributed by atoms with E-state index in [9.17, 15) is 4.79 Å². The number of hydrogen-bond acceptors (Lipinski definition) is 1. The first-order valence-electron chi connectivity index (χ1n) is 5.99. The summed E-state index contributed by atoms with van der Waals surface area (Å²) < 4.78 is 0. The van der Waals surface area contributed by atoms with Crippen LogP contribution in [0, 0.1) is 33.1 Å². The van der Waals surface area contributed by atoms with Crippen LogP contribution < -0.4 is 0 Å². The molecule has 86 valence electrons. The van der Waals surface area contributed by atoms with Crippen LogP contribution in [0.5, 0.6) is 0 Å². The van der Waals surface area contributed by atoms with E-state index < -0.39 is 0 Å². The van der Waals surface area contributed by atoms with Crippen molar-refractivity contribution in [3.8, 4) is 0 Å². The van der Waals surface area contributed by atoms with E-state index in [4.69, 9.17) is 0 Å². The largest absolute Gasteiger partial charge is 0.294 e. The lowest BCUT2D eigenvalue weighted by Gasteiger charge is -2.17. The molecule has 1 aromatic rings. The molecule has 0 atom stereocenters. The predicted octanol–water partition coefficient (Wildman–Crippen LogP) is 3.90. The van der Waals surface area contributed by atoms with Crippen molar-refractivity contribution in [1.29, 1.82) is 0 Å². The van der Waals surface area contributed by atoms with E-state index in [1.807, 2.05) is 0 Å². The van der Waals surface area contributed by atoms with Crippen LogP contribution in [-0.4, -0.2) is 5.78 Å². The summed E-state index contributed by atoms with van der Waals surface area (Å²) in [5, 5.41) is 0. The summed E-state index contributed by atoms with van der Waals surface area (Å²) in [6, 6.07) is 2.18. The number of Topliss-reactive ketones (excluding diaryl/α,β-unsaturated/α-hetero) is 1. The first-order chi connectivity index (χ1) is 7.37. The van der Waals surface area contributed by atoms with Crippen LogP contribution in [-0.2, 0) is 0 Å². The highest BCUT2D eigenvalue weighted by Crippen LogP contribution is 2.48. The molecular formula is C15H20O. The maximum atomic E-state index is 12.5. The Morgan fingerprint density at radius 1 is 1.06 bits per heavy atom. The molecule has 1 aliphatic rings. The summed E-state index contributed by atoms with van der Waals surface area (Å²) >= 11 is 0. The Balaban J connectivity index is 2.59. The molecule has 0 saturated heterocycles. The SMILES string of the molecule is Cc1cc(C)c(C)c(C(=O)C2(C)CC2)c1C. The molecule has 1 aromatic carbocycles. The van der Waals surface area contributed by atoms with E-state index in [1.165, 1.54) is 22.3 Å². The summed E-state index contributed by atoms with van der Waals surface area (Å²) in [7, 11) is 0. The molecule has 0 N–H and O–H groups in total. The summed E-state index contributed by atoms with van der Waals surface area (Å²) in [5.74, 6) is 0.356. The Hall–Kier alpha value is -1.11. The van der Waals surface area contributed by atoms with Gasteiger partial charge in [-0.1, -0.05) is 13.0 Å². The summed E-state index contributed by atoms with van der Waals surface area (Å²) in [6.45, 7) is 10.4. The molecule has 0 bridgehead atoms. The number of hydrogen-bond donors (Lipinski definition) is 0. The lowest BCUT2D eigenvalue weighted by molar-refractivity contribution is 0.0911. The van der Waals surface area contributed by atoms with Crippen molar-refractivity contribution in [2.45, 2.75) is 47.5 Å². The summed E-state index contributed by atoms with van der Waals surface area (Å²) in [5.41, 5.74) is 5.72. The van der Waals surface area contributed by atoms with Crippen molar-refractivity contribution >= 4 is 5.78 Å². The maximum absolute atomic E-state index is 12.5. The molecule has 0 unspecified atom stereocenters. The second-order valence-electron chi connectivity index (χ2n) is 5.53. The van der Waals surface area contributed by atoms with Crippen LogP contribution in [0.15, 0.2) is 6.07 Å². The van der Waals surface area contributed by atoms with Crippen LogP contribution in [0.4, 0.5) is 0 Å². The Bertz CT molecular complexity index is 439. The van der Waals surface area contributed by atoms with Crippen LogP contribution in [0.1, 0.15) is 52.4 Å². The zero-order valence-corrected chi connectivity index (χ0v) is 10.9. The zero-order chi connectivity index (χ0) is 12.1.